The van der Waals surface area contributed by atoms with Gasteiger partial charge in [-0.2, -0.15) is 0 Å². The van der Waals surface area contributed by atoms with Crippen LogP contribution in [0.1, 0.15) is 11.1 Å². The first-order chi connectivity index (χ1) is 6.75. The molecule has 2 nitrogen and oxygen atoms in total. The van der Waals surface area contributed by atoms with Crippen LogP contribution in [0.2, 0.25) is 0 Å². The minimum Gasteiger partial charge on any atom is -0.383 e. The van der Waals surface area contributed by atoms with Gasteiger partial charge in [0, 0.05) is 20.2 Å². The molecule has 0 aromatic heterocycles. The van der Waals surface area contributed by atoms with Crippen molar-refractivity contribution in [2.24, 2.45) is 0 Å². The molecule has 0 heterocycles. The summed E-state index contributed by atoms with van der Waals surface area (Å²) in [6.07, 6.45) is 0. The van der Waals surface area contributed by atoms with Crippen LogP contribution in [0.5, 0.6) is 0 Å². The van der Waals surface area contributed by atoms with Gasteiger partial charge in [-0.25, -0.2) is 4.39 Å². The minimum atomic E-state index is -0.143. The molecule has 78 valence electrons. The van der Waals surface area contributed by atoms with Gasteiger partial charge >= 0.3 is 0 Å². The summed E-state index contributed by atoms with van der Waals surface area (Å²) in [5, 5.41) is 3.18. The van der Waals surface area contributed by atoms with E-state index in [4.69, 9.17) is 4.74 Å². The standard InChI is InChI=1S/C11H16FNO/c1-9-10(4-3-5-11(9)12)8-13-6-7-14-2/h3-5,13H,6-8H2,1-2H3. The van der Waals surface area contributed by atoms with Gasteiger partial charge in [0.25, 0.3) is 0 Å². The van der Waals surface area contributed by atoms with E-state index in [9.17, 15) is 4.39 Å². The molecule has 0 atom stereocenters. The third kappa shape index (κ3) is 3.09. The molecule has 0 bridgehead atoms. The first-order valence-electron chi connectivity index (χ1n) is 4.69. The van der Waals surface area contributed by atoms with Crippen LogP contribution >= 0.6 is 0 Å². The number of hydrogen-bond donors (Lipinski definition) is 1. The first kappa shape index (κ1) is 11.1. The highest BCUT2D eigenvalue weighted by molar-refractivity contribution is 5.26. The van der Waals surface area contributed by atoms with Crippen molar-refractivity contribution in [1.29, 1.82) is 0 Å². The zero-order chi connectivity index (χ0) is 10.4. The normalized spacial score (nSPS) is 10.5. The maximum atomic E-state index is 13.1. The van der Waals surface area contributed by atoms with Crippen molar-refractivity contribution in [3.8, 4) is 0 Å². The third-order valence-electron chi connectivity index (χ3n) is 2.18. The molecule has 0 amide bonds. The van der Waals surface area contributed by atoms with Crippen LogP contribution in [0, 0.1) is 12.7 Å². The van der Waals surface area contributed by atoms with E-state index >= 15 is 0 Å². The lowest BCUT2D eigenvalue weighted by Gasteiger charge is -2.07. The van der Waals surface area contributed by atoms with E-state index in [2.05, 4.69) is 5.32 Å². The van der Waals surface area contributed by atoms with Gasteiger partial charge in [0.2, 0.25) is 0 Å². The van der Waals surface area contributed by atoms with Crippen LogP contribution < -0.4 is 5.32 Å². The molecule has 1 N–H and O–H groups in total. The van der Waals surface area contributed by atoms with E-state index in [1.807, 2.05) is 6.07 Å². The number of ether oxygens (including phenoxy) is 1. The van der Waals surface area contributed by atoms with E-state index in [1.165, 1.54) is 6.07 Å². The molecule has 1 rings (SSSR count). The maximum absolute atomic E-state index is 13.1. The smallest absolute Gasteiger partial charge is 0.126 e. The van der Waals surface area contributed by atoms with Crippen molar-refractivity contribution >= 4 is 0 Å². The van der Waals surface area contributed by atoms with Gasteiger partial charge in [0.1, 0.15) is 5.82 Å². The Kier molecular flexibility index (Phi) is 4.56. The Balaban J connectivity index is 2.46. The average molecular weight is 197 g/mol. The molecule has 14 heavy (non-hydrogen) atoms. The fourth-order valence-corrected chi connectivity index (χ4v) is 1.24. The molecule has 0 aliphatic carbocycles. The zero-order valence-corrected chi connectivity index (χ0v) is 8.64. The number of halogens is 1. The van der Waals surface area contributed by atoms with Gasteiger partial charge in [-0.3, -0.25) is 0 Å². The largest absolute Gasteiger partial charge is 0.383 e. The molecular weight excluding hydrogens is 181 g/mol. The van der Waals surface area contributed by atoms with Gasteiger partial charge in [-0.15, -0.1) is 0 Å². The van der Waals surface area contributed by atoms with E-state index in [0.29, 0.717) is 13.2 Å². The van der Waals surface area contributed by atoms with Gasteiger partial charge < -0.3 is 10.1 Å². The molecule has 0 unspecified atom stereocenters. The van der Waals surface area contributed by atoms with Crippen molar-refractivity contribution in [3.63, 3.8) is 0 Å². The summed E-state index contributed by atoms with van der Waals surface area (Å²) >= 11 is 0. The Bertz CT molecular complexity index is 289. The minimum absolute atomic E-state index is 0.143. The topological polar surface area (TPSA) is 21.3 Å². The second-order valence-electron chi connectivity index (χ2n) is 3.19. The number of nitrogens with one attached hydrogen (secondary N) is 1. The first-order valence-corrected chi connectivity index (χ1v) is 4.69. The summed E-state index contributed by atoms with van der Waals surface area (Å²) < 4.78 is 18.0. The van der Waals surface area contributed by atoms with Crippen LogP contribution in [-0.4, -0.2) is 20.3 Å². The summed E-state index contributed by atoms with van der Waals surface area (Å²) in [4.78, 5) is 0. The molecule has 0 aliphatic heterocycles. The van der Waals surface area contributed by atoms with Gasteiger partial charge in [0.05, 0.1) is 6.61 Å². The molecule has 3 heteroatoms. The van der Waals surface area contributed by atoms with Crippen molar-refractivity contribution in [3.05, 3.63) is 35.1 Å². The molecule has 1 aromatic carbocycles. The molecule has 0 spiro atoms. The van der Waals surface area contributed by atoms with Gasteiger partial charge in [-0.05, 0) is 24.1 Å². The Morgan fingerprint density at radius 1 is 1.43 bits per heavy atom. The number of benzene rings is 1. The zero-order valence-electron chi connectivity index (χ0n) is 8.64. The Hall–Kier alpha value is -0.930. The Morgan fingerprint density at radius 2 is 2.21 bits per heavy atom. The SMILES string of the molecule is COCCNCc1cccc(F)c1C. The summed E-state index contributed by atoms with van der Waals surface area (Å²) in [5.74, 6) is -0.143. The second-order valence-corrected chi connectivity index (χ2v) is 3.19. The van der Waals surface area contributed by atoms with Crippen molar-refractivity contribution in [1.82, 2.24) is 5.32 Å². The molecule has 0 aliphatic rings. The number of rotatable bonds is 5. The van der Waals surface area contributed by atoms with Crippen LogP contribution in [-0.2, 0) is 11.3 Å². The van der Waals surface area contributed by atoms with Crippen LogP contribution in [0.3, 0.4) is 0 Å². The van der Waals surface area contributed by atoms with Crippen LogP contribution in [0.4, 0.5) is 4.39 Å². The predicted octanol–water partition coefficient (Wildman–Crippen LogP) is 1.87. The van der Waals surface area contributed by atoms with Crippen molar-refractivity contribution < 1.29 is 9.13 Å². The third-order valence-corrected chi connectivity index (χ3v) is 2.18. The van der Waals surface area contributed by atoms with Crippen molar-refractivity contribution in [2.75, 3.05) is 20.3 Å². The molecular formula is C11H16FNO. The predicted molar refractivity (Wildman–Crippen MR) is 54.7 cm³/mol. The quantitative estimate of drug-likeness (QED) is 0.728. The summed E-state index contributed by atoms with van der Waals surface area (Å²) in [7, 11) is 1.66. The van der Waals surface area contributed by atoms with E-state index in [-0.39, 0.29) is 5.82 Å². The highest BCUT2D eigenvalue weighted by Gasteiger charge is 2.01. The van der Waals surface area contributed by atoms with Gasteiger partial charge in [-0.1, -0.05) is 12.1 Å². The fourth-order valence-electron chi connectivity index (χ4n) is 1.24. The van der Waals surface area contributed by atoms with Crippen LogP contribution in [0.25, 0.3) is 0 Å². The summed E-state index contributed by atoms with van der Waals surface area (Å²) in [6, 6.07) is 5.14. The molecule has 0 radical (unpaired) electrons. The monoisotopic (exact) mass is 197 g/mol. The highest BCUT2D eigenvalue weighted by atomic mass is 19.1. The summed E-state index contributed by atoms with van der Waals surface area (Å²) in [5.41, 5.74) is 1.72. The van der Waals surface area contributed by atoms with E-state index in [0.717, 1.165) is 17.7 Å². The lowest BCUT2D eigenvalue weighted by Crippen LogP contribution is -2.19. The van der Waals surface area contributed by atoms with E-state index < -0.39 is 0 Å². The second kappa shape index (κ2) is 5.73. The summed E-state index contributed by atoms with van der Waals surface area (Å²) in [6.45, 7) is 3.94. The highest BCUT2D eigenvalue weighted by Crippen LogP contribution is 2.11. The fraction of sp³-hybridized carbons (Fsp3) is 0.455. The Morgan fingerprint density at radius 3 is 2.93 bits per heavy atom. The average Bonchev–Trinajstić information content (AvgIpc) is 2.19. The molecule has 0 saturated carbocycles. The molecule has 0 fully saturated rings. The number of hydrogen-bond acceptors (Lipinski definition) is 2. The van der Waals surface area contributed by atoms with Crippen LogP contribution in [0.15, 0.2) is 18.2 Å². The van der Waals surface area contributed by atoms with E-state index in [1.54, 1.807) is 20.1 Å². The van der Waals surface area contributed by atoms with Crippen molar-refractivity contribution in [2.45, 2.75) is 13.5 Å². The lowest BCUT2D eigenvalue weighted by atomic mass is 10.1. The van der Waals surface area contributed by atoms with Gasteiger partial charge in [0.15, 0.2) is 0 Å². The molecule has 0 saturated heterocycles. The lowest BCUT2D eigenvalue weighted by molar-refractivity contribution is 0.199. The number of methoxy groups -OCH3 is 1. The maximum Gasteiger partial charge on any atom is 0.126 e. The molecule has 1 aromatic rings. The Labute approximate surface area is 84.1 Å².